The van der Waals surface area contributed by atoms with Gasteiger partial charge in [0.25, 0.3) is 0 Å². The average molecular weight is 333 g/mol. The second-order valence-corrected chi connectivity index (χ2v) is 7.06. The van der Waals surface area contributed by atoms with Crippen molar-refractivity contribution in [3.63, 3.8) is 0 Å². The smallest absolute Gasteiger partial charge is 0.119 e. The second-order valence-electron chi connectivity index (χ2n) is 7.06. The first-order valence-electron chi connectivity index (χ1n) is 9.15. The van der Waals surface area contributed by atoms with Gasteiger partial charge in [-0.3, -0.25) is 9.80 Å². The number of benzene rings is 1. The van der Waals surface area contributed by atoms with Gasteiger partial charge in [-0.1, -0.05) is 18.2 Å². The van der Waals surface area contributed by atoms with Crippen LogP contribution in [0.15, 0.2) is 30.3 Å². The Morgan fingerprint density at radius 3 is 2.71 bits per heavy atom. The van der Waals surface area contributed by atoms with Gasteiger partial charge in [0.15, 0.2) is 0 Å². The van der Waals surface area contributed by atoms with Gasteiger partial charge in [0.05, 0.1) is 12.7 Å². The molecule has 2 atom stereocenters. The van der Waals surface area contributed by atoms with Gasteiger partial charge >= 0.3 is 0 Å². The quantitative estimate of drug-likeness (QED) is 0.785. The van der Waals surface area contributed by atoms with E-state index in [4.69, 9.17) is 9.47 Å². The van der Waals surface area contributed by atoms with Crippen molar-refractivity contribution in [2.24, 2.45) is 0 Å². The van der Waals surface area contributed by atoms with Crippen molar-refractivity contribution < 1.29 is 9.47 Å². The van der Waals surface area contributed by atoms with Crippen LogP contribution in [0.25, 0.3) is 0 Å². The Balaban J connectivity index is 1.37. The molecule has 0 aromatic heterocycles. The summed E-state index contributed by atoms with van der Waals surface area (Å²) in [6.45, 7) is 11.5. The number of nitrogens with zero attached hydrogens (tertiary/aromatic N) is 3. The van der Waals surface area contributed by atoms with E-state index in [1.54, 1.807) is 0 Å². The number of hydrogen-bond donors (Lipinski definition) is 0. The molecule has 0 spiro atoms. The van der Waals surface area contributed by atoms with E-state index in [2.05, 4.69) is 28.7 Å². The van der Waals surface area contributed by atoms with E-state index < -0.39 is 0 Å². The Bertz CT molecular complexity index is 485. The standard InChI is InChI=1S/C19H31N3O2/c1-17-14-21(16-19-15-20(2)10-12-24-19)8-9-22(17)11-13-23-18-6-4-3-5-7-18/h3-7,17,19H,8-16H2,1-2H3/t17-,19-/m0/s1. The summed E-state index contributed by atoms with van der Waals surface area (Å²) in [5.41, 5.74) is 0. The molecule has 0 unspecified atom stereocenters. The number of para-hydroxylation sites is 1. The molecule has 0 radical (unpaired) electrons. The van der Waals surface area contributed by atoms with Crippen LogP contribution in [0.5, 0.6) is 5.75 Å². The second kappa shape index (κ2) is 8.81. The van der Waals surface area contributed by atoms with Crippen LogP contribution >= 0.6 is 0 Å². The minimum atomic E-state index is 0.365. The Kier molecular flexibility index (Phi) is 6.49. The maximum absolute atomic E-state index is 5.91. The van der Waals surface area contributed by atoms with Crippen LogP contribution < -0.4 is 4.74 Å². The van der Waals surface area contributed by atoms with Gasteiger partial charge in [-0.05, 0) is 26.1 Å². The molecule has 1 aromatic carbocycles. The van der Waals surface area contributed by atoms with Gasteiger partial charge in [-0.15, -0.1) is 0 Å². The first kappa shape index (κ1) is 17.7. The molecule has 2 aliphatic rings. The zero-order valence-electron chi connectivity index (χ0n) is 15.1. The van der Waals surface area contributed by atoms with Crippen LogP contribution in [0, 0.1) is 0 Å². The molecule has 5 nitrogen and oxygen atoms in total. The van der Waals surface area contributed by atoms with Crippen molar-refractivity contribution >= 4 is 0 Å². The summed E-state index contributed by atoms with van der Waals surface area (Å²) in [6.07, 6.45) is 0.365. The fourth-order valence-electron chi connectivity index (χ4n) is 3.63. The van der Waals surface area contributed by atoms with E-state index in [1.807, 2.05) is 30.3 Å². The largest absolute Gasteiger partial charge is 0.492 e. The van der Waals surface area contributed by atoms with E-state index in [-0.39, 0.29) is 0 Å². The SMILES string of the molecule is C[C@H]1CN(C[C@@H]2CN(C)CCO2)CCN1CCOc1ccccc1. The molecular weight excluding hydrogens is 302 g/mol. The fourth-order valence-corrected chi connectivity index (χ4v) is 3.63. The predicted octanol–water partition coefficient (Wildman–Crippen LogP) is 1.40. The lowest BCUT2D eigenvalue weighted by Crippen LogP contribution is -2.55. The summed E-state index contributed by atoms with van der Waals surface area (Å²) < 4.78 is 11.7. The predicted molar refractivity (Wildman–Crippen MR) is 96.6 cm³/mol. The van der Waals surface area contributed by atoms with E-state index in [0.717, 1.165) is 64.8 Å². The highest BCUT2D eigenvalue weighted by molar-refractivity contribution is 5.20. The minimum Gasteiger partial charge on any atom is -0.492 e. The highest BCUT2D eigenvalue weighted by atomic mass is 16.5. The Labute approximate surface area is 146 Å². The van der Waals surface area contributed by atoms with Crippen molar-refractivity contribution in [1.82, 2.24) is 14.7 Å². The summed E-state index contributed by atoms with van der Waals surface area (Å²) in [4.78, 5) is 7.46. The monoisotopic (exact) mass is 333 g/mol. The van der Waals surface area contributed by atoms with Crippen LogP contribution in [0.3, 0.4) is 0 Å². The zero-order valence-corrected chi connectivity index (χ0v) is 15.1. The molecule has 0 N–H and O–H groups in total. The van der Waals surface area contributed by atoms with Gasteiger partial charge in [-0.25, -0.2) is 0 Å². The summed E-state index contributed by atoms with van der Waals surface area (Å²) in [5, 5.41) is 0. The van der Waals surface area contributed by atoms with Gasteiger partial charge in [-0.2, -0.15) is 0 Å². The molecule has 5 heteroatoms. The first-order valence-corrected chi connectivity index (χ1v) is 9.15. The van der Waals surface area contributed by atoms with Crippen LogP contribution in [-0.4, -0.2) is 92.9 Å². The molecule has 2 aliphatic heterocycles. The van der Waals surface area contributed by atoms with Gasteiger partial charge in [0.1, 0.15) is 12.4 Å². The molecule has 134 valence electrons. The average Bonchev–Trinajstić information content (AvgIpc) is 2.58. The maximum atomic E-state index is 5.91. The van der Waals surface area contributed by atoms with Crippen LogP contribution in [-0.2, 0) is 4.74 Å². The van der Waals surface area contributed by atoms with Gasteiger partial charge in [0.2, 0.25) is 0 Å². The highest BCUT2D eigenvalue weighted by Gasteiger charge is 2.27. The van der Waals surface area contributed by atoms with Crippen molar-refractivity contribution in [3.05, 3.63) is 30.3 Å². The van der Waals surface area contributed by atoms with Crippen LogP contribution in [0.1, 0.15) is 6.92 Å². The van der Waals surface area contributed by atoms with Crippen molar-refractivity contribution in [1.29, 1.82) is 0 Å². The molecule has 0 aliphatic carbocycles. The van der Waals surface area contributed by atoms with Crippen LogP contribution in [0.4, 0.5) is 0 Å². The maximum Gasteiger partial charge on any atom is 0.119 e. The number of morpholine rings is 1. The fraction of sp³-hybridized carbons (Fsp3) is 0.684. The lowest BCUT2D eigenvalue weighted by molar-refractivity contribution is -0.0458. The minimum absolute atomic E-state index is 0.365. The molecule has 3 rings (SSSR count). The zero-order chi connectivity index (χ0) is 16.8. The Hall–Kier alpha value is -1.14. The molecular formula is C19H31N3O2. The third-order valence-electron chi connectivity index (χ3n) is 5.04. The van der Waals surface area contributed by atoms with Crippen LogP contribution in [0.2, 0.25) is 0 Å². The van der Waals surface area contributed by atoms with Crippen molar-refractivity contribution in [2.45, 2.75) is 19.1 Å². The lowest BCUT2D eigenvalue weighted by atomic mass is 10.1. The summed E-state index contributed by atoms with van der Waals surface area (Å²) in [5.74, 6) is 0.961. The molecule has 1 aromatic rings. The number of hydrogen-bond acceptors (Lipinski definition) is 5. The third kappa shape index (κ3) is 5.18. The molecule has 0 saturated carbocycles. The van der Waals surface area contributed by atoms with E-state index in [1.165, 1.54) is 0 Å². The number of likely N-dealkylation sites (N-methyl/N-ethyl adjacent to an activating group) is 1. The summed E-state index contributed by atoms with van der Waals surface area (Å²) >= 11 is 0. The normalized spacial score (nSPS) is 27.2. The summed E-state index contributed by atoms with van der Waals surface area (Å²) in [7, 11) is 2.18. The molecule has 2 fully saturated rings. The van der Waals surface area contributed by atoms with E-state index >= 15 is 0 Å². The first-order chi connectivity index (χ1) is 11.7. The highest BCUT2D eigenvalue weighted by Crippen LogP contribution is 2.13. The van der Waals surface area contributed by atoms with E-state index in [9.17, 15) is 0 Å². The number of rotatable bonds is 6. The van der Waals surface area contributed by atoms with Gasteiger partial charge in [0, 0.05) is 51.9 Å². The number of piperazine rings is 1. The molecule has 0 amide bonds. The molecule has 2 heterocycles. The molecule has 2 saturated heterocycles. The summed E-state index contributed by atoms with van der Waals surface area (Å²) in [6, 6.07) is 10.6. The molecule has 0 bridgehead atoms. The lowest BCUT2D eigenvalue weighted by Gasteiger charge is -2.42. The van der Waals surface area contributed by atoms with Crippen molar-refractivity contribution in [2.75, 3.05) is 66.1 Å². The van der Waals surface area contributed by atoms with Crippen molar-refractivity contribution in [3.8, 4) is 5.75 Å². The number of ether oxygens (including phenoxy) is 2. The molecule has 24 heavy (non-hydrogen) atoms. The van der Waals surface area contributed by atoms with E-state index in [0.29, 0.717) is 12.1 Å². The topological polar surface area (TPSA) is 28.2 Å². The third-order valence-corrected chi connectivity index (χ3v) is 5.04. The Morgan fingerprint density at radius 2 is 1.96 bits per heavy atom. The van der Waals surface area contributed by atoms with Gasteiger partial charge < -0.3 is 14.4 Å². The Morgan fingerprint density at radius 1 is 1.12 bits per heavy atom.